The van der Waals surface area contributed by atoms with Crippen LogP contribution in [0.2, 0.25) is 5.02 Å². The minimum atomic E-state index is -0.496. The van der Waals surface area contributed by atoms with Gasteiger partial charge in [-0.2, -0.15) is 0 Å². The summed E-state index contributed by atoms with van der Waals surface area (Å²) < 4.78 is 2.14. The number of para-hydroxylation sites is 1. The Morgan fingerprint density at radius 1 is 1.06 bits per heavy atom. The molecule has 0 saturated carbocycles. The fourth-order valence-electron chi connectivity index (χ4n) is 4.03. The molecule has 0 unspecified atom stereocenters. The number of anilines is 1. The number of thioether (sulfide) groups is 1. The highest BCUT2D eigenvalue weighted by atomic mass is 35.5. The zero-order valence-electron chi connectivity index (χ0n) is 19.3. The van der Waals surface area contributed by atoms with E-state index in [4.69, 9.17) is 11.6 Å². The van der Waals surface area contributed by atoms with Crippen LogP contribution in [0.15, 0.2) is 53.4 Å². The largest absolute Gasteiger partial charge is 0.323 e. The Hall–Kier alpha value is -3.29. The molecule has 6 nitrogen and oxygen atoms in total. The maximum absolute atomic E-state index is 12.9. The van der Waals surface area contributed by atoms with E-state index in [0.717, 1.165) is 44.9 Å². The Labute approximate surface area is 207 Å². The summed E-state index contributed by atoms with van der Waals surface area (Å²) in [5, 5.41) is 2.54. The van der Waals surface area contributed by atoms with Crippen molar-refractivity contribution in [2.45, 2.75) is 27.7 Å². The van der Waals surface area contributed by atoms with Crippen molar-refractivity contribution in [2.24, 2.45) is 0 Å². The van der Waals surface area contributed by atoms with Crippen molar-refractivity contribution < 1.29 is 14.4 Å². The van der Waals surface area contributed by atoms with Gasteiger partial charge in [-0.15, -0.1) is 0 Å². The van der Waals surface area contributed by atoms with E-state index in [1.807, 2.05) is 19.9 Å². The fourth-order valence-corrected chi connectivity index (χ4v) is 5.05. The molecular weight excluding hydrogens is 470 g/mol. The molecule has 1 aliphatic rings. The van der Waals surface area contributed by atoms with Gasteiger partial charge in [-0.05, 0) is 80.9 Å². The predicted molar refractivity (Wildman–Crippen MR) is 137 cm³/mol. The summed E-state index contributed by atoms with van der Waals surface area (Å²) in [5.41, 5.74) is 6.68. The van der Waals surface area contributed by atoms with Crippen LogP contribution in [0.5, 0.6) is 0 Å². The lowest BCUT2D eigenvalue weighted by atomic mass is 10.1. The monoisotopic (exact) mass is 493 g/mol. The van der Waals surface area contributed by atoms with Gasteiger partial charge in [0.05, 0.1) is 15.6 Å². The second-order valence-electron chi connectivity index (χ2n) is 8.25. The van der Waals surface area contributed by atoms with Crippen molar-refractivity contribution in [1.29, 1.82) is 0 Å². The number of halogens is 1. The van der Waals surface area contributed by atoms with E-state index >= 15 is 0 Å². The molecule has 0 spiro atoms. The lowest BCUT2D eigenvalue weighted by Crippen LogP contribution is -2.36. The number of nitrogens with one attached hydrogen (secondary N) is 1. The summed E-state index contributed by atoms with van der Waals surface area (Å²) in [6.07, 6.45) is 1.72. The van der Waals surface area contributed by atoms with Crippen molar-refractivity contribution in [3.8, 4) is 5.69 Å². The molecule has 0 atom stereocenters. The third kappa shape index (κ3) is 4.67. The Bertz CT molecular complexity index is 1360. The second kappa shape index (κ2) is 9.52. The second-order valence-corrected chi connectivity index (χ2v) is 9.65. The van der Waals surface area contributed by atoms with Gasteiger partial charge in [0.25, 0.3) is 11.1 Å². The average Bonchev–Trinajstić information content (AvgIpc) is 3.19. The van der Waals surface area contributed by atoms with E-state index in [9.17, 15) is 14.4 Å². The van der Waals surface area contributed by atoms with Crippen LogP contribution in [0.3, 0.4) is 0 Å². The molecule has 8 heteroatoms. The normalized spacial score (nSPS) is 14.9. The number of rotatable bonds is 5. The quantitative estimate of drug-likeness (QED) is 0.440. The van der Waals surface area contributed by atoms with E-state index in [-0.39, 0.29) is 11.4 Å². The minimum absolute atomic E-state index is 0.288. The van der Waals surface area contributed by atoms with Crippen molar-refractivity contribution in [3.05, 3.63) is 86.5 Å². The van der Waals surface area contributed by atoms with Crippen LogP contribution in [0, 0.1) is 27.7 Å². The van der Waals surface area contributed by atoms with Gasteiger partial charge in [0.1, 0.15) is 6.54 Å². The molecule has 174 valence electrons. The van der Waals surface area contributed by atoms with Gasteiger partial charge >= 0.3 is 0 Å². The first-order chi connectivity index (χ1) is 16.2. The number of benzene rings is 2. The Kier molecular flexibility index (Phi) is 6.68. The maximum atomic E-state index is 12.9. The average molecular weight is 494 g/mol. The molecular formula is C26H24ClN3O3S. The molecule has 3 aromatic rings. The molecule has 3 amide bonds. The first kappa shape index (κ1) is 23.9. The smallest absolute Gasteiger partial charge is 0.294 e. The SMILES string of the molecule is Cc1ccc(-n2c(C)cc(/C=C3/SC(=O)N(CC(=O)Nc4ccccc4Cl)C3=O)c2C)c(C)c1. The van der Waals surface area contributed by atoms with E-state index in [2.05, 4.69) is 41.9 Å². The molecule has 1 aliphatic heterocycles. The molecule has 1 N–H and O–H groups in total. The zero-order valence-corrected chi connectivity index (χ0v) is 20.9. The first-order valence-corrected chi connectivity index (χ1v) is 11.9. The molecule has 4 rings (SSSR count). The summed E-state index contributed by atoms with van der Waals surface area (Å²) in [7, 11) is 0. The van der Waals surface area contributed by atoms with E-state index in [1.54, 1.807) is 30.3 Å². The Morgan fingerprint density at radius 3 is 2.50 bits per heavy atom. The van der Waals surface area contributed by atoms with Crippen LogP contribution < -0.4 is 5.32 Å². The number of aryl methyl sites for hydroxylation is 3. The van der Waals surface area contributed by atoms with Gasteiger partial charge < -0.3 is 9.88 Å². The fraction of sp³-hybridized carbons (Fsp3) is 0.192. The molecule has 2 heterocycles. The van der Waals surface area contributed by atoms with Gasteiger partial charge in [0, 0.05) is 17.1 Å². The molecule has 0 aliphatic carbocycles. The molecule has 0 radical (unpaired) electrons. The van der Waals surface area contributed by atoms with E-state index < -0.39 is 17.1 Å². The van der Waals surface area contributed by atoms with Crippen LogP contribution in [-0.4, -0.2) is 33.1 Å². The van der Waals surface area contributed by atoms with Gasteiger partial charge in [0.2, 0.25) is 5.91 Å². The lowest BCUT2D eigenvalue weighted by Gasteiger charge is -2.13. The van der Waals surface area contributed by atoms with Gasteiger partial charge in [-0.3, -0.25) is 19.3 Å². The van der Waals surface area contributed by atoms with Gasteiger partial charge in [0.15, 0.2) is 0 Å². The van der Waals surface area contributed by atoms with Crippen LogP contribution in [0.1, 0.15) is 28.1 Å². The Morgan fingerprint density at radius 2 is 1.79 bits per heavy atom. The molecule has 1 saturated heterocycles. The number of carbonyl (C=O) groups is 3. The van der Waals surface area contributed by atoms with Crippen molar-refractivity contribution in [1.82, 2.24) is 9.47 Å². The maximum Gasteiger partial charge on any atom is 0.294 e. The van der Waals surface area contributed by atoms with Crippen LogP contribution >= 0.6 is 23.4 Å². The number of aromatic nitrogens is 1. The van der Waals surface area contributed by atoms with Crippen molar-refractivity contribution >= 4 is 52.2 Å². The molecule has 34 heavy (non-hydrogen) atoms. The summed E-state index contributed by atoms with van der Waals surface area (Å²) >= 11 is 6.91. The van der Waals surface area contributed by atoms with E-state index in [0.29, 0.717) is 10.7 Å². The number of imide groups is 1. The van der Waals surface area contributed by atoms with Gasteiger partial charge in [-0.25, -0.2) is 0 Å². The molecule has 2 aromatic carbocycles. The third-order valence-electron chi connectivity index (χ3n) is 5.67. The molecule has 1 aromatic heterocycles. The van der Waals surface area contributed by atoms with Crippen LogP contribution in [0.25, 0.3) is 11.8 Å². The van der Waals surface area contributed by atoms with E-state index in [1.165, 1.54) is 5.56 Å². The summed E-state index contributed by atoms with van der Waals surface area (Å²) in [4.78, 5) is 39.1. The number of hydrogen-bond donors (Lipinski definition) is 1. The highest BCUT2D eigenvalue weighted by Gasteiger charge is 2.36. The Balaban J connectivity index is 1.56. The summed E-state index contributed by atoms with van der Waals surface area (Å²) in [6.45, 7) is 7.74. The number of nitrogens with zero attached hydrogens (tertiary/aromatic N) is 2. The number of hydrogen-bond acceptors (Lipinski definition) is 4. The summed E-state index contributed by atoms with van der Waals surface area (Å²) in [6, 6.07) is 15.1. The highest BCUT2D eigenvalue weighted by molar-refractivity contribution is 8.18. The minimum Gasteiger partial charge on any atom is -0.323 e. The van der Waals surface area contributed by atoms with Crippen LogP contribution in [-0.2, 0) is 9.59 Å². The number of amides is 3. The van der Waals surface area contributed by atoms with Crippen LogP contribution in [0.4, 0.5) is 10.5 Å². The van der Waals surface area contributed by atoms with Crippen molar-refractivity contribution in [2.75, 3.05) is 11.9 Å². The first-order valence-electron chi connectivity index (χ1n) is 10.7. The number of carbonyl (C=O) groups excluding carboxylic acids is 3. The van der Waals surface area contributed by atoms with Crippen molar-refractivity contribution in [3.63, 3.8) is 0 Å². The highest BCUT2D eigenvalue weighted by Crippen LogP contribution is 2.34. The molecule has 1 fully saturated rings. The van der Waals surface area contributed by atoms with Gasteiger partial charge in [-0.1, -0.05) is 41.4 Å². The zero-order chi connectivity index (χ0) is 24.6. The third-order valence-corrected chi connectivity index (χ3v) is 6.91. The predicted octanol–water partition coefficient (Wildman–Crippen LogP) is 6.04. The summed E-state index contributed by atoms with van der Waals surface area (Å²) in [5.74, 6) is -0.981. The molecule has 0 bridgehead atoms. The lowest BCUT2D eigenvalue weighted by molar-refractivity contribution is -0.127. The topological polar surface area (TPSA) is 71.4 Å². The standard InChI is InChI=1S/C26H24ClN3O3S/c1-15-9-10-22(16(2)11-15)30-17(3)12-19(18(30)4)13-23-25(32)29(26(33)34-23)14-24(31)28-21-8-6-5-7-20(21)27/h5-13H,14H2,1-4H3,(H,28,31)/b23-13+.